The molecule has 2 aromatic rings. The van der Waals surface area contributed by atoms with Crippen LogP contribution in [0, 0.1) is 0 Å². The number of benzene rings is 1. The van der Waals surface area contributed by atoms with E-state index in [1.54, 1.807) is 7.11 Å². The first kappa shape index (κ1) is 6.22. The number of hydrogen-bond donors (Lipinski definition) is 0. The van der Waals surface area contributed by atoms with Gasteiger partial charge in [-0.15, -0.1) is 0 Å². The van der Waals surface area contributed by atoms with Crippen LogP contribution < -0.4 is 4.74 Å². The molecule has 0 aliphatic carbocycles. The van der Waals surface area contributed by atoms with E-state index in [1.165, 1.54) is 6.39 Å². The Labute approximate surface area is 63.6 Å². The van der Waals surface area contributed by atoms with Crippen LogP contribution in [-0.4, -0.2) is 12.1 Å². The fourth-order valence-electron chi connectivity index (χ4n) is 1.02. The molecule has 3 heteroatoms. The van der Waals surface area contributed by atoms with Crippen molar-refractivity contribution in [2.75, 3.05) is 7.11 Å². The van der Waals surface area contributed by atoms with E-state index >= 15 is 0 Å². The molecule has 0 spiro atoms. The Balaban J connectivity index is 2.79. The van der Waals surface area contributed by atoms with Crippen LogP contribution in [0.4, 0.5) is 0 Å². The van der Waals surface area contributed by atoms with Crippen molar-refractivity contribution in [1.29, 1.82) is 0 Å². The van der Waals surface area contributed by atoms with Gasteiger partial charge in [0.25, 0.3) is 0 Å². The van der Waals surface area contributed by atoms with Crippen LogP contribution in [0.15, 0.2) is 29.0 Å². The van der Waals surface area contributed by atoms with Crippen LogP contribution in [0.25, 0.3) is 11.1 Å². The average Bonchev–Trinajstić information content (AvgIpc) is 2.50. The molecule has 0 aliphatic rings. The number of methoxy groups -OCH3 is 1. The summed E-state index contributed by atoms with van der Waals surface area (Å²) in [5.41, 5.74) is 1.53. The highest BCUT2D eigenvalue weighted by molar-refractivity contribution is 5.78. The lowest BCUT2D eigenvalue weighted by molar-refractivity contribution is 0.410. The third kappa shape index (κ3) is 0.852. The molecule has 0 radical (unpaired) electrons. The Morgan fingerprint density at radius 2 is 2.36 bits per heavy atom. The molecule has 1 aromatic heterocycles. The van der Waals surface area contributed by atoms with Gasteiger partial charge in [-0.3, -0.25) is 0 Å². The predicted octanol–water partition coefficient (Wildman–Crippen LogP) is 1.84. The summed E-state index contributed by atoms with van der Waals surface area (Å²) in [7, 11) is 1.61. The molecule has 0 saturated carbocycles. The van der Waals surface area contributed by atoms with E-state index in [0.29, 0.717) is 5.58 Å². The van der Waals surface area contributed by atoms with Gasteiger partial charge in [-0.1, -0.05) is 6.07 Å². The van der Waals surface area contributed by atoms with Crippen molar-refractivity contribution in [2.24, 2.45) is 0 Å². The standard InChI is InChI=1S/C8H7NO2/c1-10-7-4-2-3-6-8(7)11-5-9-6/h2-5H,1H3. The normalized spacial score (nSPS) is 10.3. The van der Waals surface area contributed by atoms with Crippen molar-refractivity contribution in [2.45, 2.75) is 0 Å². The van der Waals surface area contributed by atoms with Crippen molar-refractivity contribution < 1.29 is 9.15 Å². The van der Waals surface area contributed by atoms with Crippen LogP contribution in [0.1, 0.15) is 0 Å². The first-order valence-electron chi connectivity index (χ1n) is 3.28. The predicted molar refractivity (Wildman–Crippen MR) is 40.6 cm³/mol. The van der Waals surface area contributed by atoms with Crippen molar-refractivity contribution >= 4 is 11.1 Å². The summed E-state index contributed by atoms with van der Waals surface area (Å²) < 4.78 is 10.2. The Hall–Kier alpha value is -1.51. The van der Waals surface area contributed by atoms with Crippen LogP contribution in [0.3, 0.4) is 0 Å². The first-order valence-corrected chi connectivity index (χ1v) is 3.28. The molecule has 2 rings (SSSR count). The second kappa shape index (κ2) is 2.27. The molecule has 0 fully saturated rings. The minimum Gasteiger partial charge on any atom is -0.493 e. The maximum Gasteiger partial charge on any atom is 0.196 e. The molecule has 0 saturated heterocycles. The van der Waals surface area contributed by atoms with E-state index in [1.807, 2.05) is 18.2 Å². The van der Waals surface area contributed by atoms with Crippen LogP contribution in [0.2, 0.25) is 0 Å². The highest BCUT2D eigenvalue weighted by Gasteiger charge is 2.02. The van der Waals surface area contributed by atoms with E-state index in [0.717, 1.165) is 11.3 Å². The number of oxazole rings is 1. The highest BCUT2D eigenvalue weighted by Crippen LogP contribution is 2.23. The second-order valence-electron chi connectivity index (χ2n) is 2.16. The van der Waals surface area contributed by atoms with E-state index in [4.69, 9.17) is 9.15 Å². The third-order valence-corrected chi connectivity index (χ3v) is 1.54. The molecule has 56 valence electrons. The van der Waals surface area contributed by atoms with Gasteiger partial charge < -0.3 is 9.15 Å². The zero-order chi connectivity index (χ0) is 7.68. The van der Waals surface area contributed by atoms with Crippen LogP contribution in [0.5, 0.6) is 5.75 Å². The largest absolute Gasteiger partial charge is 0.493 e. The fraction of sp³-hybridized carbons (Fsp3) is 0.125. The van der Waals surface area contributed by atoms with Gasteiger partial charge >= 0.3 is 0 Å². The molecule has 1 heterocycles. The van der Waals surface area contributed by atoms with Gasteiger partial charge in [0, 0.05) is 0 Å². The molecule has 0 atom stereocenters. The zero-order valence-corrected chi connectivity index (χ0v) is 6.07. The summed E-state index contributed by atoms with van der Waals surface area (Å²) in [6.45, 7) is 0. The van der Waals surface area contributed by atoms with Crippen molar-refractivity contribution in [3.05, 3.63) is 24.6 Å². The average molecular weight is 149 g/mol. The molecule has 0 aliphatic heterocycles. The summed E-state index contributed by atoms with van der Waals surface area (Å²) in [4.78, 5) is 3.98. The number of nitrogens with zero attached hydrogens (tertiary/aromatic N) is 1. The summed E-state index contributed by atoms with van der Waals surface area (Å²) >= 11 is 0. The van der Waals surface area contributed by atoms with Gasteiger partial charge in [-0.05, 0) is 12.1 Å². The summed E-state index contributed by atoms with van der Waals surface area (Å²) in [6, 6.07) is 5.60. The minimum atomic E-state index is 0.704. The Bertz CT molecular complexity index is 367. The smallest absolute Gasteiger partial charge is 0.196 e. The van der Waals surface area contributed by atoms with Crippen LogP contribution in [-0.2, 0) is 0 Å². The number of rotatable bonds is 1. The van der Waals surface area contributed by atoms with Gasteiger partial charge in [0.2, 0.25) is 0 Å². The maximum absolute atomic E-state index is 5.10. The Morgan fingerprint density at radius 1 is 1.45 bits per heavy atom. The number of para-hydroxylation sites is 1. The minimum absolute atomic E-state index is 0.704. The SMILES string of the molecule is COc1cccc2ncoc12. The monoisotopic (exact) mass is 149 g/mol. The molecular weight excluding hydrogens is 142 g/mol. The summed E-state index contributed by atoms with van der Waals surface area (Å²) in [5.74, 6) is 0.722. The van der Waals surface area contributed by atoms with Gasteiger partial charge in [0.1, 0.15) is 5.52 Å². The molecule has 0 bridgehead atoms. The number of ether oxygens (including phenoxy) is 1. The lowest BCUT2D eigenvalue weighted by Gasteiger charge is -1.96. The quantitative estimate of drug-likeness (QED) is 0.620. The molecule has 0 amide bonds. The Kier molecular flexibility index (Phi) is 1.28. The van der Waals surface area contributed by atoms with Crippen LogP contribution >= 0.6 is 0 Å². The number of fused-ring (bicyclic) bond motifs is 1. The lowest BCUT2D eigenvalue weighted by Crippen LogP contribution is -1.81. The number of aromatic nitrogens is 1. The summed E-state index contributed by atoms with van der Waals surface area (Å²) in [5, 5.41) is 0. The van der Waals surface area contributed by atoms with Crippen molar-refractivity contribution in [3.63, 3.8) is 0 Å². The van der Waals surface area contributed by atoms with Gasteiger partial charge in [0.05, 0.1) is 7.11 Å². The summed E-state index contributed by atoms with van der Waals surface area (Å²) in [6.07, 6.45) is 1.41. The molecule has 0 unspecified atom stereocenters. The lowest BCUT2D eigenvalue weighted by atomic mass is 10.3. The zero-order valence-electron chi connectivity index (χ0n) is 6.07. The first-order chi connectivity index (χ1) is 5.42. The van der Waals surface area contributed by atoms with Gasteiger partial charge in [0.15, 0.2) is 17.7 Å². The second-order valence-corrected chi connectivity index (χ2v) is 2.16. The fourth-order valence-corrected chi connectivity index (χ4v) is 1.02. The molecule has 1 aromatic carbocycles. The van der Waals surface area contributed by atoms with E-state index in [9.17, 15) is 0 Å². The Morgan fingerprint density at radius 3 is 3.18 bits per heavy atom. The maximum atomic E-state index is 5.10. The van der Waals surface area contributed by atoms with E-state index < -0.39 is 0 Å². The van der Waals surface area contributed by atoms with Gasteiger partial charge in [-0.25, -0.2) is 4.98 Å². The van der Waals surface area contributed by atoms with E-state index in [2.05, 4.69) is 4.98 Å². The molecular formula is C8H7NO2. The molecule has 0 N–H and O–H groups in total. The molecule has 3 nitrogen and oxygen atoms in total. The van der Waals surface area contributed by atoms with Crippen molar-refractivity contribution in [1.82, 2.24) is 4.98 Å². The topological polar surface area (TPSA) is 35.3 Å². The van der Waals surface area contributed by atoms with Gasteiger partial charge in [-0.2, -0.15) is 0 Å². The molecule has 11 heavy (non-hydrogen) atoms. The number of hydrogen-bond acceptors (Lipinski definition) is 3. The van der Waals surface area contributed by atoms with Crippen molar-refractivity contribution in [3.8, 4) is 5.75 Å². The highest BCUT2D eigenvalue weighted by atomic mass is 16.5. The third-order valence-electron chi connectivity index (χ3n) is 1.54. The van der Waals surface area contributed by atoms with E-state index in [-0.39, 0.29) is 0 Å².